The van der Waals surface area contributed by atoms with E-state index in [2.05, 4.69) is 13.8 Å². The Morgan fingerprint density at radius 1 is 1.50 bits per heavy atom. The average Bonchev–Trinajstić information content (AvgIpc) is 2.50. The highest BCUT2D eigenvalue weighted by atomic mass is 16.5. The summed E-state index contributed by atoms with van der Waals surface area (Å²) in [7, 11) is 0. The molecule has 72 valence electrons. The van der Waals surface area contributed by atoms with Crippen LogP contribution in [-0.4, -0.2) is 19.8 Å². The lowest BCUT2D eigenvalue weighted by molar-refractivity contribution is 0.145. The molecule has 1 atom stereocenters. The molecule has 0 bridgehead atoms. The minimum Gasteiger partial charge on any atom is -0.381 e. The highest BCUT2D eigenvalue weighted by Gasteiger charge is 2.32. The van der Waals surface area contributed by atoms with Crippen LogP contribution in [0.2, 0.25) is 0 Å². The van der Waals surface area contributed by atoms with Crippen molar-refractivity contribution in [3.63, 3.8) is 0 Å². The van der Waals surface area contributed by atoms with Crippen LogP contribution in [0.15, 0.2) is 0 Å². The lowest BCUT2D eigenvalue weighted by Crippen LogP contribution is -2.31. The van der Waals surface area contributed by atoms with Crippen molar-refractivity contribution in [2.75, 3.05) is 19.8 Å². The van der Waals surface area contributed by atoms with Gasteiger partial charge in [0.1, 0.15) is 0 Å². The number of nitrogens with two attached hydrogens (primary N) is 1. The molecule has 1 aliphatic rings. The fourth-order valence-electron chi connectivity index (χ4n) is 1.70. The lowest BCUT2D eigenvalue weighted by Gasteiger charge is -2.25. The summed E-state index contributed by atoms with van der Waals surface area (Å²) in [6.45, 7) is 7.12. The van der Waals surface area contributed by atoms with Gasteiger partial charge in [-0.1, -0.05) is 20.3 Å². The molecule has 1 unspecified atom stereocenters. The molecule has 2 nitrogen and oxygen atoms in total. The van der Waals surface area contributed by atoms with Crippen LogP contribution >= 0.6 is 0 Å². The quantitative estimate of drug-likeness (QED) is 0.700. The van der Waals surface area contributed by atoms with Crippen LogP contribution in [0, 0.1) is 11.3 Å². The van der Waals surface area contributed by atoms with Gasteiger partial charge in [-0.2, -0.15) is 0 Å². The van der Waals surface area contributed by atoms with Crippen LogP contribution in [0.4, 0.5) is 0 Å². The maximum absolute atomic E-state index is 5.78. The molecule has 12 heavy (non-hydrogen) atoms. The van der Waals surface area contributed by atoms with Gasteiger partial charge in [0, 0.05) is 18.6 Å². The fraction of sp³-hybridized carbons (Fsp3) is 1.00. The van der Waals surface area contributed by atoms with Crippen LogP contribution in [0.1, 0.15) is 33.1 Å². The van der Waals surface area contributed by atoms with Gasteiger partial charge in [0.15, 0.2) is 0 Å². The van der Waals surface area contributed by atoms with Gasteiger partial charge in [0.25, 0.3) is 0 Å². The van der Waals surface area contributed by atoms with E-state index in [4.69, 9.17) is 10.5 Å². The second-order valence-corrected chi connectivity index (χ2v) is 4.44. The number of ether oxygens (including phenoxy) is 1. The van der Waals surface area contributed by atoms with E-state index in [0.29, 0.717) is 5.41 Å². The summed E-state index contributed by atoms with van der Waals surface area (Å²) in [5.74, 6) is 0.786. The van der Waals surface area contributed by atoms with E-state index < -0.39 is 0 Å². The molecule has 1 fully saturated rings. The fourth-order valence-corrected chi connectivity index (χ4v) is 1.70. The van der Waals surface area contributed by atoms with E-state index in [0.717, 1.165) is 32.1 Å². The molecule has 0 aromatic carbocycles. The Balaban J connectivity index is 2.34. The van der Waals surface area contributed by atoms with Gasteiger partial charge < -0.3 is 10.5 Å². The predicted octanol–water partition coefficient (Wildman–Crippen LogP) is 1.79. The normalized spacial score (nSPS) is 30.0. The molecule has 0 saturated carbocycles. The third-order valence-electron chi connectivity index (χ3n) is 2.87. The Kier molecular flexibility index (Phi) is 3.53. The summed E-state index contributed by atoms with van der Waals surface area (Å²) in [6, 6.07) is 0. The first kappa shape index (κ1) is 10.0. The summed E-state index contributed by atoms with van der Waals surface area (Å²) in [5.41, 5.74) is 6.10. The van der Waals surface area contributed by atoms with Crippen LogP contribution in [-0.2, 0) is 4.74 Å². The molecule has 0 spiro atoms. The Labute approximate surface area is 75.5 Å². The van der Waals surface area contributed by atoms with Crippen molar-refractivity contribution < 1.29 is 4.74 Å². The van der Waals surface area contributed by atoms with Crippen molar-refractivity contribution in [3.05, 3.63) is 0 Å². The van der Waals surface area contributed by atoms with Gasteiger partial charge in [0.2, 0.25) is 0 Å². The zero-order chi connectivity index (χ0) is 9.03. The minimum absolute atomic E-state index is 0.324. The second-order valence-electron chi connectivity index (χ2n) is 4.44. The highest BCUT2D eigenvalue weighted by Crippen LogP contribution is 2.33. The molecule has 0 amide bonds. The molecule has 1 saturated heterocycles. The number of rotatable bonds is 4. The first-order valence-electron chi connectivity index (χ1n) is 4.96. The van der Waals surface area contributed by atoms with Crippen molar-refractivity contribution in [2.24, 2.45) is 17.1 Å². The smallest absolute Gasteiger partial charge is 0.0535 e. The lowest BCUT2D eigenvalue weighted by atomic mass is 9.81. The molecule has 0 aromatic heterocycles. The maximum atomic E-state index is 5.78. The Morgan fingerprint density at radius 3 is 2.67 bits per heavy atom. The largest absolute Gasteiger partial charge is 0.381 e. The number of hydrogen-bond acceptors (Lipinski definition) is 2. The summed E-state index contributed by atoms with van der Waals surface area (Å²) in [5, 5.41) is 0. The number of hydrogen-bond donors (Lipinski definition) is 1. The Hall–Kier alpha value is -0.0800. The summed E-state index contributed by atoms with van der Waals surface area (Å²) in [6.07, 6.45) is 3.68. The highest BCUT2D eigenvalue weighted by molar-refractivity contribution is 4.84. The van der Waals surface area contributed by atoms with E-state index in [1.807, 2.05) is 0 Å². The van der Waals surface area contributed by atoms with Gasteiger partial charge in [0.05, 0.1) is 6.61 Å². The molecule has 1 rings (SSSR count). The summed E-state index contributed by atoms with van der Waals surface area (Å²) in [4.78, 5) is 0. The zero-order valence-corrected chi connectivity index (χ0v) is 8.31. The zero-order valence-electron chi connectivity index (χ0n) is 8.31. The maximum Gasteiger partial charge on any atom is 0.0535 e. The van der Waals surface area contributed by atoms with Crippen molar-refractivity contribution in [2.45, 2.75) is 33.1 Å². The van der Waals surface area contributed by atoms with E-state index in [-0.39, 0.29) is 0 Å². The first-order valence-corrected chi connectivity index (χ1v) is 4.96. The van der Waals surface area contributed by atoms with Gasteiger partial charge >= 0.3 is 0 Å². The third kappa shape index (κ3) is 2.46. The van der Waals surface area contributed by atoms with E-state index in [1.54, 1.807) is 0 Å². The van der Waals surface area contributed by atoms with Crippen LogP contribution in [0.5, 0.6) is 0 Å². The Morgan fingerprint density at radius 2 is 2.25 bits per heavy atom. The molecule has 0 aromatic rings. The first-order chi connectivity index (χ1) is 5.68. The van der Waals surface area contributed by atoms with E-state index in [1.165, 1.54) is 12.8 Å². The van der Waals surface area contributed by atoms with Gasteiger partial charge in [-0.05, 0) is 18.8 Å². The monoisotopic (exact) mass is 171 g/mol. The summed E-state index contributed by atoms with van der Waals surface area (Å²) >= 11 is 0. The van der Waals surface area contributed by atoms with Crippen molar-refractivity contribution in [1.29, 1.82) is 0 Å². The molecule has 1 heterocycles. The van der Waals surface area contributed by atoms with Gasteiger partial charge in [-0.3, -0.25) is 0 Å². The van der Waals surface area contributed by atoms with Gasteiger partial charge in [-0.25, -0.2) is 0 Å². The molecule has 1 aliphatic heterocycles. The second kappa shape index (κ2) is 4.24. The standard InChI is InChI=1S/C10H21NO/c1-9(2)3-4-10(7-11)5-6-12-8-10/h9H,3-8,11H2,1-2H3. The van der Waals surface area contributed by atoms with Crippen molar-refractivity contribution >= 4 is 0 Å². The predicted molar refractivity (Wildman–Crippen MR) is 51.0 cm³/mol. The topological polar surface area (TPSA) is 35.2 Å². The summed E-state index contributed by atoms with van der Waals surface area (Å²) < 4.78 is 5.40. The molecule has 2 heteroatoms. The minimum atomic E-state index is 0.324. The SMILES string of the molecule is CC(C)CCC1(CN)CCOC1. The molecule has 0 aliphatic carbocycles. The molecule has 0 radical (unpaired) electrons. The Bertz CT molecular complexity index is 128. The van der Waals surface area contributed by atoms with Crippen molar-refractivity contribution in [3.8, 4) is 0 Å². The van der Waals surface area contributed by atoms with Crippen LogP contribution < -0.4 is 5.73 Å². The van der Waals surface area contributed by atoms with Crippen LogP contribution in [0.3, 0.4) is 0 Å². The van der Waals surface area contributed by atoms with E-state index in [9.17, 15) is 0 Å². The molecule has 2 N–H and O–H groups in total. The molecular weight excluding hydrogens is 150 g/mol. The molecular formula is C10H21NO. The van der Waals surface area contributed by atoms with Gasteiger partial charge in [-0.15, -0.1) is 0 Å². The van der Waals surface area contributed by atoms with E-state index >= 15 is 0 Å². The third-order valence-corrected chi connectivity index (χ3v) is 2.87. The van der Waals surface area contributed by atoms with Crippen molar-refractivity contribution in [1.82, 2.24) is 0 Å². The van der Waals surface area contributed by atoms with Crippen LogP contribution in [0.25, 0.3) is 0 Å². The average molecular weight is 171 g/mol.